The van der Waals surface area contributed by atoms with E-state index in [1.54, 1.807) is 6.92 Å². The van der Waals surface area contributed by atoms with Crippen LogP contribution in [0.15, 0.2) is 12.1 Å². The maximum Gasteiger partial charge on any atom is 0.196 e. The zero-order chi connectivity index (χ0) is 13.1. The molecule has 0 unspecified atom stereocenters. The Morgan fingerprint density at radius 1 is 1.12 bits per heavy atom. The Morgan fingerprint density at radius 3 is 2.24 bits per heavy atom. The van der Waals surface area contributed by atoms with Gasteiger partial charge < -0.3 is 15.5 Å². The van der Waals surface area contributed by atoms with Gasteiger partial charge in [0.1, 0.15) is 0 Å². The highest BCUT2D eigenvalue weighted by molar-refractivity contribution is 5.45. The smallest absolute Gasteiger partial charge is 0.196 e. The van der Waals surface area contributed by atoms with Crippen molar-refractivity contribution >= 4 is 5.69 Å². The summed E-state index contributed by atoms with van der Waals surface area (Å²) in [5, 5.41) is 20.5. The number of hydrogen-bond donors (Lipinski definition) is 3. The van der Waals surface area contributed by atoms with E-state index in [0.717, 1.165) is 12.1 Å². The maximum absolute atomic E-state index is 13.2. The van der Waals surface area contributed by atoms with Gasteiger partial charge in [0.15, 0.2) is 17.5 Å². The molecule has 1 aromatic rings. The summed E-state index contributed by atoms with van der Waals surface area (Å²) in [5.74, 6) is -4.13. The molecule has 0 saturated heterocycles. The molecule has 0 heterocycles. The molecule has 0 fully saturated rings. The topological polar surface area (TPSA) is 52.5 Å². The van der Waals surface area contributed by atoms with Gasteiger partial charge in [0, 0.05) is 12.0 Å². The zero-order valence-electron chi connectivity index (χ0n) is 9.30. The summed E-state index contributed by atoms with van der Waals surface area (Å²) in [4.78, 5) is 0. The summed E-state index contributed by atoms with van der Waals surface area (Å²) >= 11 is 0. The van der Waals surface area contributed by atoms with E-state index in [-0.39, 0.29) is 25.4 Å². The molecule has 3 nitrogen and oxygen atoms in total. The number of rotatable bonds is 5. The summed E-state index contributed by atoms with van der Waals surface area (Å²) in [5.41, 5.74) is -1.07. The molecular weight excluding hydrogens is 235 g/mol. The fraction of sp³-hybridized carbons (Fsp3) is 0.455. The molecule has 0 spiro atoms. The lowest BCUT2D eigenvalue weighted by atomic mass is 9.93. The van der Waals surface area contributed by atoms with E-state index < -0.39 is 22.9 Å². The van der Waals surface area contributed by atoms with Crippen LogP contribution in [0.3, 0.4) is 0 Å². The van der Waals surface area contributed by atoms with Gasteiger partial charge in [-0.15, -0.1) is 0 Å². The van der Waals surface area contributed by atoms with Crippen LogP contribution in [0.5, 0.6) is 0 Å². The number of anilines is 1. The number of hydrogen-bond acceptors (Lipinski definition) is 3. The van der Waals surface area contributed by atoms with Crippen LogP contribution in [0.25, 0.3) is 0 Å². The third-order valence-electron chi connectivity index (χ3n) is 2.50. The summed E-state index contributed by atoms with van der Waals surface area (Å²) in [7, 11) is 0. The Bertz CT molecular complexity index is 395. The number of benzene rings is 1. The van der Waals surface area contributed by atoms with Crippen molar-refractivity contribution in [2.24, 2.45) is 5.41 Å². The lowest BCUT2D eigenvalue weighted by Gasteiger charge is -2.25. The Hall–Kier alpha value is -1.27. The Kier molecular flexibility index (Phi) is 4.36. The largest absolute Gasteiger partial charge is 0.396 e. The minimum Gasteiger partial charge on any atom is -0.396 e. The second kappa shape index (κ2) is 5.37. The van der Waals surface area contributed by atoms with Crippen molar-refractivity contribution in [1.82, 2.24) is 0 Å². The van der Waals surface area contributed by atoms with E-state index >= 15 is 0 Å². The molecular formula is C11H14F3NO2. The van der Waals surface area contributed by atoms with Crippen molar-refractivity contribution in [3.05, 3.63) is 29.6 Å². The molecule has 0 aromatic heterocycles. The van der Waals surface area contributed by atoms with Crippen molar-refractivity contribution < 1.29 is 23.4 Å². The Balaban J connectivity index is 2.80. The molecule has 17 heavy (non-hydrogen) atoms. The number of halogens is 3. The van der Waals surface area contributed by atoms with Crippen LogP contribution in [-0.2, 0) is 0 Å². The minimum atomic E-state index is -1.55. The molecule has 96 valence electrons. The van der Waals surface area contributed by atoms with Gasteiger partial charge in [-0.25, -0.2) is 13.2 Å². The number of aliphatic hydroxyl groups is 2. The third kappa shape index (κ3) is 3.10. The van der Waals surface area contributed by atoms with E-state index in [1.165, 1.54) is 0 Å². The normalized spacial score (nSPS) is 11.6. The lowest BCUT2D eigenvalue weighted by molar-refractivity contribution is 0.0806. The second-order valence-corrected chi connectivity index (χ2v) is 4.20. The molecule has 0 aliphatic heterocycles. The van der Waals surface area contributed by atoms with Gasteiger partial charge in [0.2, 0.25) is 0 Å². The van der Waals surface area contributed by atoms with Gasteiger partial charge in [-0.3, -0.25) is 0 Å². The summed E-state index contributed by atoms with van der Waals surface area (Å²) in [6.45, 7) is 0.962. The highest BCUT2D eigenvalue weighted by atomic mass is 19.2. The quantitative estimate of drug-likeness (QED) is 0.693. The molecule has 0 amide bonds. The molecule has 6 heteroatoms. The lowest BCUT2D eigenvalue weighted by Crippen LogP contribution is -2.34. The van der Waals surface area contributed by atoms with Crippen LogP contribution in [0, 0.1) is 22.9 Å². The van der Waals surface area contributed by atoms with Crippen LogP contribution in [0.2, 0.25) is 0 Å². The monoisotopic (exact) mass is 249 g/mol. The van der Waals surface area contributed by atoms with E-state index in [9.17, 15) is 13.2 Å². The molecule has 1 rings (SSSR count). The first-order chi connectivity index (χ1) is 7.93. The van der Waals surface area contributed by atoms with E-state index in [0.29, 0.717) is 0 Å². The van der Waals surface area contributed by atoms with Crippen LogP contribution < -0.4 is 5.32 Å². The third-order valence-corrected chi connectivity index (χ3v) is 2.50. The van der Waals surface area contributed by atoms with Crippen molar-refractivity contribution in [3.8, 4) is 0 Å². The van der Waals surface area contributed by atoms with Crippen LogP contribution in [-0.4, -0.2) is 30.0 Å². The summed E-state index contributed by atoms with van der Waals surface area (Å²) in [6, 6.07) is 1.86. The van der Waals surface area contributed by atoms with Crippen molar-refractivity contribution in [3.63, 3.8) is 0 Å². The first-order valence-corrected chi connectivity index (χ1v) is 5.02. The minimum absolute atomic E-state index is 0.0298. The van der Waals surface area contributed by atoms with Crippen molar-refractivity contribution in [2.75, 3.05) is 25.1 Å². The summed E-state index contributed by atoms with van der Waals surface area (Å²) < 4.78 is 38.8. The molecule has 0 atom stereocenters. The van der Waals surface area contributed by atoms with E-state index in [2.05, 4.69) is 5.32 Å². The highest BCUT2D eigenvalue weighted by Crippen LogP contribution is 2.22. The average Bonchev–Trinajstić information content (AvgIpc) is 2.35. The van der Waals surface area contributed by atoms with Gasteiger partial charge in [0.05, 0.1) is 18.9 Å². The van der Waals surface area contributed by atoms with E-state index in [4.69, 9.17) is 10.2 Å². The molecule has 0 radical (unpaired) electrons. The van der Waals surface area contributed by atoms with E-state index in [1.807, 2.05) is 0 Å². The van der Waals surface area contributed by atoms with Gasteiger partial charge >= 0.3 is 0 Å². The Labute approximate surface area is 96.9 Å². The van der Waals surface area contributed by atoms with Crippen LogP contribution in [0.1, 0.15) is 6.92 Å². The average molecular weight is 249 g/mol. The predicted octanol–water partition coefficient (Wildman–Crippen LogP) is 1.51. The fourth-order valence-electron chi connectivity index (χ4n) is 1.13. The van der Waals surface area contributed by atoms with Crippen molar-refractivity contribution in [1.29, 1.82) is 0 Å². The number of aliphatic hydroxyl groups excluding tert-OH is 2. The zero-order valence-corrected chi connectivity index (χ0v) is 9.30. The first-order valence-electron chi connectivity index (χ1n) is 5.02. The van der Waals surface area contributed by atoms with Crippen LogP contribution >= 0.6 is 0 Å². The van der Waals surface area contributed by atoms with Crippen molar-refractivity contribution in [2.45, 2.75) is 6.92 Å². The first kappa shape index (κ1) is 13.8. The molecule has 1 aromatic carbocycles. The standard InChI is InChI=1S/C11H14F3NO2/c1-11(5-16,6-17)4-15-8-3-2-7(12)9(13)10(8)14/h2-3,15-17H,4-6H2,1H3. The van der Waals surface area contributed by atoms with Crippen LogP contribution in [0.4, 0.5) is 18.9 Å². The molecule has 0 bridgehead atoms. The molecule has 0 saturated carbocycles. The maximum atomic E-state index is 13.2. The fourth-order valence-corrected chi connectivity index (χ4v) is 1.13. The predicted molar refractivity (Wildman–Crippen MR) is 57.1 cm³/mol. The SMILES string of the molecule is CC(CO)(CO)CNc1ccc(F)c(F)c1F. The van der Waals surface area contributed by atoms with Gasteiger partial charge in [-0.1, -0.05) is 6.92 Å². The highest BCUT2D eigenvalue weighted by Gasteiger charge is 2.23. The van der Waals surface area contributed by atoms with Gasteiger partial charge in [0.25, 0.3) is 0 Å². The molecule has 0 aliphatic rings. The number of nitrogens with one attached hydrogen (secondary N) is 1. The van der Waals surface area contributed by atoms with Gasteiger partial charge in [-0.2, -0.15) is 0 Å². The second-order valence-electron chi connectivity index (χ2n) is 4.20. The molecule has 0 aliphatic carbocycles. The molecule has 3 N–H and O–H groups in total. The Morgan fingerprint density at radius 2 is 1.71 bits per heavy atom. The van der Waals surface area contributed by atoms with Gasteiger partial charge in [-0.05, 0) is 12.1 Å². The summed E-state index contributed by atoms with van der Waals surface area (Å²) in [6.07, 6.45) is 0.